The molecule has 1 N–H and O–H groups in total. The van der Waals surface area contributed by atoms with Crippen LogP contribution < -0.4 is 0 Å². The Balaban J connectivity index is 2.47. The molecule has 0 aliphatic carbocycles. The van der Waals surface area contributed by atoms with Gasteiger partial charge >= 0.3 is 0 Å². The molecular formula is C13H11F2NO. The largest absolute Gasteiger partial charge is 0.382 e. The van der Waals surface area contributed by atoms with Crippen LogP contribution in [0.4, 0.5) is 8.78 Å². The Morgan fingerprint density at radius 3 is 2.24 bits per heavy atom. The summed E-state index contributed by atoms with van der Waals surface area (Å²) in [4.78, 5) is 4.05. The summed E-state index contributed by atoms with van der Waals surface area (Å²) in [5.74, 6) is -1.55. The predicted molar refractivity (Wildman–Crippen MR) is 59.4 cm³/mol. The van der Waals surface area contributed by atoms with Crippen LogP contribution in [0.15, 0.2) is 36.4 Å². The van der Waals surface area contributed by atoms with E-state index < -0.39 is 17.7 Å². The second-order valence-corrected chi connectivity index (χ2v) is 3.74. The highest BCUT2D eigenvalue weighted by Gasteiger charge is 2.20. The van der Waals surface area contributed by atoms with Crippen LogP contribution in [0.3, 0.4) is 0 Å². The van der Waals surface area contributed by atoms with E-state index in [0.717, 1.165) is 12.1 Å². The molecule has 2 aromatic rings. The Bertz CT molecular complexity index is 522. The average Bonchev–Trinajstić information content (AvgIpc) is 2.28. The maximum Gasteiger partial charge on any atom is 0.132 e. The molecule has 17 heavy (non-hydrogen) atoms. The molecule has 0 radical (unpaired) electrons. The molecule has 1 unspecified atom stereocenters. The number of nitrogens with zero attached hydrogens (tertiary/aromatic N) is 1. The number of hydrogen-bond acceptors (Lipinski definition) is 2. The van der Waals surface area contributed by atoms with Crippen LogP contribution in [0.2, 0.25) is 0 Å². The highest BCUT2D eigenvalue weighted by molar-refractivity contribution is 5.29. The monoisotopic (exact) mass is 235 g/mol. The molecule has 0 aliphatic heterocycles. The first-order valence-electron chi connectivity index (χ1n) is 5.15. The van der Waals surface area contributed by atoms with Crippen LogP contribution in [0.5, 0.6) is 0 Å². The van der Waals surface area contributed by atoms with Crippen LogP contribution in [0, 0.1) is 18.6 Å². The molecule has 88 valence electrons. The molecule has 1 atom stereocenters. The Kier molecular flexibility index (Phi) is 3.15. The number of aryl methyl sites for hydroxylation is 1. The molecule has 1 heterocycles. The zero-order valence-electron chi connectivity index (χ0n) is 9.19. The molecule has 1 aromatic heterocycles. The fourth-order valence-electron chi connectivity index (χ4n) is 1.64. The van der Waals surface area contributed by atoms with E-state index in [9.17, 15) is 13.9 Å². The van der Waals surface area contributed by atoms with Gasteiger partial charge in [0, 0.05) is 5.69 Å². The summed E-state index contributed by atoms with van der Waals surface area (Å²) >= 11 is 0. The van der Waals surface area contributed by atoms with Gasteiger partial charge in [0.2, 0.25) is 0 Å². The summed E-state index contributed by atoms with van der Waals surface area (Å²) in [5.41, 5.74) is 0.540. The predicted octanol–water partition coefficient (Wildman–Crippen LogP) is 2.75. The van der Waals surface area contributed by atoms with Crippen molar-refractivity contribution in [3.8, 4) is 0 Å². The molecule has 0 fully saturated rings. The van der Waals surface area contributed by atoms with Gasteiger partial charge in [-0.15, -0.1) is 0 Å². The van der Waals surface area contributed by atoms with Crippen LogP contribution >= 0.6 is 0 Å². The first-order valence-corrected chi connectivity index (χ1v) is 5.15. The van der Waals surface area contributed by atoms with Crippen molar-refractivity contribution >= 4 is 0 Å². The molecule has 0 amide bonds. The van der Waals surface area contributed by atoms with E-state index in [-0.39, 0.29) is 11.3 Å². The molecule has 4 heteroatoms. The summed E-state index contributed by atoms with van der Waals surface area (Å²) in [6.07, 6.45) is -1.39. The number of benzene rings is 1. The number of aromatic nitrogens is 1. The smallest absolute Gasteiger partial charge is 0.132 e. The van der Waals surface area contributed by atoms with E-state index in [4.69, 9.17) is 0 Å². The Morgan fingerprint density at radius 1 is 1.06 bits per heavy atom. The van der Waals surface area contributed by atoms with Gasteiger partial charge in [0.05, 0.1) is 11.3 Å². The lowest BCUT2D eigenvalue weighted by Gasteiger charge is -2.12. The number of aliphatic hydroxyl groups is 1. The summed E-state index contributed by atoms with van der Waals surface area (Å²) in [7, 11) is 0. The van der Waals surface area contributed by atoms with E-state index in [0.29, 0.717) is 5.69 Å². The van der Waals surface area contributed by atoms with E-state index in [1.165, 1.54) is 12.1 Å². The summed E-state index contributed by atoms with van der Waals surface area (Å²) in [6.45, 7) is 1.74. The standard InChI is InChI=1S/C13H11F2NO/c1-8-4-2-7-11(16-8)13(17)12-9(14)5-3-6-10(12)15/h2-7,13,17H,1H3. The van der Waals surface area contributed by atoms with Crippen molar-refractivity contribution in [2.24, 2.45) is 0 Å². The lowest BCUT2D eigenvalue weighted by atomic mass is 10.0. The van der Waals surface area contributed by atoms with E-state index in [1.807, 2.05) is 0 Å². The van der Waals surface area contributed by atoms with Crippen LogP contribution in [0.25, 0.3) is 0 Å². The fourth-order valence-corrected chi connectivity index (χ4v) is 1.64. The number of pyridine rings is 1. The lowest BCUT2D eigenvalue weighted by molar-refractivity contribution is 0.204. The molecule has 0 saturated carbocycles. The Hall–Kier alpha value is -1.81. The third-order valence-electron chi connectivity index (χ3n) is 2.46. The van der Waals surface area contributed by atoms with Crippen molar-refractivity contribution in [2.45, 2.75) is 13.0 Å². The van der Waals surface area contributed by atoms with Crippen LogP contribution in [-0.4, -0.2) is 10.1 Å². The number of aliphatic hydroxyl groups excluding tert-OH is 1. The Morgan fingerprint density at radius 2 is 1.65 bits per heavy atom. The number of rotatable bonds is 2. The van der Waals surface area contributed by atoms with Crippen LogP contribution in [-0.2, 0) is 0 Å². The van der Waals surface area contributed by atoms with Crippen molar-refractivity contribution < 1.29 is 13.9 Å². The quantitative estimate of drug-likeness (QED) is 0.868. The molecule has 0 aliphatic rings. The second kappa shape index (κ2) is 4.59. The minimum atomic E-state index is -1.39. The van der Waals surface area contributed by atoms with E-state index in [2.05, 4.69) is 4.98 Å². The van der Waals surface area contributed by atoms with E-state index in [1.54, 1.807) is 19.1 Å². The van der Waals surface area contributed by atoms with Crippen molar-refractivity contribution in [2.75, 3.05) is 0 Å². The Labute approximate surface area is 97.6 Å². The van der Waals surface area contributed by atoms with Crippen LogP contribution in [0.1, 0.15) is 23.1 Å². The van der Waals surface area contributed by atoms with Gasteiger partial charge in [0.15, 0.2) is 0 Å². The van der Waals surface area contributed by atoms with Crippen molar-refractivity contribution in [1.82, 2.24) is 4.98 Å². The van der Waals surface area contributed by atoms with Gasteiger partial charge in [-0.25, -0.2) is 8.78 Å². The van der Waals surface area contributed by atoms with Crippen molar-refractivity contribution in [3.63, 3.8) is 0 Å². The van der Waals surface area contributed by atoms with Gasteiger partial charge in [-0.2, -0.15) is 0 Å². The minimum absolute atomic E-state index is 0.231. The maximum absolute atomic E-state index is 13.5. The molecule has 0 spiro atoms. The maximum atomic E-state index is 13.5. The van der Waals surface area contributed by atoms with Gasteiger partial charge in [-0.3, -0.25) is 4.98 Å². The third kappa shape index (κ3) is 2.31. The first kappa shape index (κ1) is 11.7. The van der Waals surface area contributed by atoms with Crippen molar-refractivity contribution in [3.05, 3.63) is 65.0 Å². The normalized spacial score (nSPS) is 12.5. The zero-order valence-corrected chi connectivity index (χ0v) is 9.19. The number of halogens is 2. The fraction of sp³-hybridized carbons (Fsp3) is 0.154. The van der Waals surface area contributed by atoms with Gasteiger partial charge in [-0.05, 0) is 31.2 Å². The summed E-state index contributed by atoms with van der Waals surface area (Å²) in [5, 5.41) is 9.94. The highest BCUT2D eigenvalue weighted by Crippen LogP contribution is 2.25. The van der Waals surface area contributed by atoms with Gasteiger partial charge in [0.25, 0.3) is 0 Å². The first-order chi connectivity index (χ1) is 8.09. The number of hydrogen-bond donors (Lipinski definition) is 1. The SMILES string of the molecule is Cc1cccc(C(O)c2c(F)cccc2F)n1. The minimum Gasteiger partial charge on any atom is -0.382 e. The third-order valence-corrected chi connectivity index (χ3v) is 2.46. The van der Waals surface area contributed by atoms with E-state index >= 15 is 0 Å². The van der Waals surface area contributed by atoms with Gasteiger partial charge in [-0.1, -0.05) is 12.1 Å². The van der Waals surface area contributed by atoms with Gasteiger partial charge in [0.1, 0.15) is 17.7 Å². The topological polar surface area (TPSA) is 33.1 Å². The lowest BCUT2D eigenvalue weighted by Crippen LogP contribution is -2.07. The van der Waals surface area contributed by atoms with Gasteiger partial charge < -0.3 is 5.11 Å². The summed E-state index contributed by atoms with van der Waals surface area (Å²) < 4.78 is 26.9. The zero-order chi connectivity index (χ0) is 12.4. The molecule has 0 saturated heterocycles. The molecule has 2 rings (SSSR count). The molecule has 2 nitrogen and oxygen atoms in total. The van der Waals surface area contributed by atoms with Crippen molar-refractivity contribution in [1.29, 1.82) is 0 Å². The highest BCUT2D eigenvalue weighted by atomic mass is 19.1. The molecular weight excluding hydrogens is 224 g/mol. The average molecular weight is 235 g/mol. The summed E-state index contributed by atoms with van der Waals surface area (Å²) in [6, 6.07) is 8.43. The second-order valence-electron chi connectivity index (χ2n) is 3.74. The molecule has 0 bridgehead atoms. The molecule has 1 aromatic carbocycles.